The molecule has 11 nitrogen and oxygen atoms in total. The van der Waals surface area contributed by atoms with Gasteiger partial charge in [-0.25, -0.2) is 0 Å². The van der Waals surface area contributed by atoms with E-state index in [1.165, 1.54) is 0 Å². The van der Waals surface area contributed by atoms with Crippen LogP contribution in [0.1, 0.15) is 19.3 Å². The van der Waals surface area contributed by atoms with Gasteiger partial charge in [-0.1, -0.05) is 0 Å². The molecule has 4 fully saturated rings. The molecule has 10 unspecified atom stereocenters. The van der Waals surface area contributed by atoms with Gasteiger partial charge < -0.3 is 50.3 Å². The van der Waals surface area contributed by atoms with Crippen molar-refractivity contribution >= 4 is 5.78 Å². The lowest BCUT2D eigenvalue weighted by molar-refractivity contribution is -0.274. The summed E-state index contributed by atoms with van der Waals surface area (Å²) >= 11 is 0. The fourth-order valence-electron chi connectivity index (χ4n) is 5.63. The summed E-state index contributed by atoms with van der Waals surface area (Å²) in [5, 5.41) is 81.4. The molecule has 2 saturated carbocycles. The fourth-order valence-corrected chi connectivity index (χ4v) is 5.63. The highest BCUT2D eigenvalue weighted by Crippen LogP contribution is 2.45. The van der Waals surface area contributed by atoms with Crippen LogP contribution in [0, 0.1) is 17.8 Å². The fraction of sp³-hybridized carbons (Fsp3) is 0.947. The molecule has 0 amide bonds. The van der Waals surface area contributed by atoms with Crippen molar-refractivity contribution in [2.45, 2.75) is 86.4 Å². The Morgan fingerprint density at radius 2 is 1.37 bits per heavy atom. The largest absolute Gasteiger partial charge is 0.394 e. The number of Topliss-reactive ketones (excluding diaryl/α,β-unsaturated/α-hetero) is 1. The lowest BCUT2D eigenvalue weighted by atomic mass is 9.64. The normalized spacial score (nSPS) is 56.9. The first kappa shape index (κ1) is 22.5. The molecule has 0 bridgehead atoms. The maximum Gasteiger partial charge on any atom is 0.146 e. The van der Waals surface area contributed by atoms with Crippen molar-refractivity contribution in [1.82, 2.24) is 0 Å². The summed E-state index contributed by atoms with van der Waals surface area (Å²) in [7, 11) is 0. The van der Waals surface area contributed by atoms with Crippen molar-refractivity contribution in [1.29, 1.82) is 0 Å². The van der Waals surface area contributed by atoms with Crippen molar-refractivity contribution in [3.8, 4) is 0 Å². The van der Waals surface area contributed by atoms with E-state index >= 15 is 0 Å². The zero-order chi connectivity index (χ0) is 21.9. The number of hydrogen-bond donors (Lipinski definition) is 8. The number of rotatable bonds is 2. The topological polar surface area (TPSA) is 197 Å². The van der Waals surface area contributed by atoms with Crippen molar-refractivity contribution < 1.29 is 55.1 Å². The summed E-state index contributed by atoms with van der Waals surface area (Å²) in [4.78, 5) is 13.2. The van der Waals surface area contributed by atoms with E-state index in [1.54, 1.807) is 0 Å². The first-order chi connectivity index (χ1) is 14.1. The zero-order valence-electron chi connectivity index (χ0n) is 16.2. The molecular weight excluding hydrogens is 404 g/mol. The molecule has 4 aliphatic rings. The highest BCUT2D eigenvalue weighted by atomic mass is 16.5. The average molecular weight is 434 g/mol. The minimum absolute atomic E-state index is 0.00608. The van der Waals surface area contributed by atoms with Gasteiger partial charge in [-0.3, -0.25) is 4.79 Å². The molecule has 4 rings (SSSR count). The minimum Gasteiger partial charge on any atom is -0.394 e. The lowest BCUT2D eigenvalue weighted by Crippen LogP contribution is -2.68. The minimum atomic E-state index is -1.67. The Balaban J connectivity index is 1.58. The molecule has 14 atom stereocenters. The number of hydrogen-bond acceptors (Lipinski definition) is 11. The molecule has 0 aromatic rings. The highest BCUT2D eigenvalue weighted by molar-refractivity contribution is 5.86. The van der Waals surface area contributed by atoms with Crippen LogP contribution in [-0.4, -0.2) is 120 Å². The third-order valence-corrected chi connectivity index (χ3v) is 7.30. The predicted octanol–water partition coefficient (Wildman–Crippen LogP) is -4.34. The van der Waals surface area contributed by atoms with E-state index in [1.807, 2.05) is 0 Å². The number of ketones is 1. The summed E-state index contributed by atoms with van der Waals surface area (Å²) in [5.41, 5.74) is 0. The first-order valence-electron chi connectivity index (χ1n) is 10.4. The standard InChI is InChI=1S/C19H30O11/c20-4-11-15(25)17(27)18(28)19(30-11)12-8(23)3-10-13(16(12)26)14(24)5-1-6(21)7(22)2-9(5)29-10/h5-13,15-23,25-28H,1-4H2/t5?,6?,7?,8?,9?,10?,11-,12?,13?,15+,16?,17-,18-,19?/m1/s1. The molecule has 2 aliphatic carbocycles. The molecule has 0 spiro atoms. The van der Waals surface area contributed by atoms with Crippen LogP contribution in [0.4, 0.5) is 0 Å². The number of carbonyl (C=O) groups excluding carboxylic acids is 1. The Morgan fingerprint density at radius 1 is 0.733 bits per heavy atom. The van der Waals surface area contributed by atoms with Gasteiger partial charge in [0.1, 0.15) is 30.2 Å². The molecule has 8 N–H and O–H groups in total. The van der Waals surface area contributed by atoms with Gasteiger partial charge >= 0.3 is 0 Å². The van der Waals surface area contributed by atoms with Crippen LogP contribution in [-0.2, 0) is 14.3 Å². The average Bonchev–Trinajstić information content (AvgIpc) is 2.69. The number of ether oxygens (including phenoxy) is 2. The molecule has 11 heteroatoms. The van der Waals surface area contributed by atoms with E-state index in [0.29, 0.717) is 0 Å². The van der Waals surface area contributed by atoms with Crippen LogP contribution in [0.2, 0.25) is 0 Å². The van der Waals surface area contributed by atoms with Crippen molar-refractivity contribution in [3.05, 3.63) is 0 Å². The Bertz CT molecular complexity index is 644. The van der Waals surface area contributed by atoms with Crippen LogP contribution in [0.15, 0.2) is 0 Å². The van der Waals surface area contributed by atoms with Crippen LogP contribution in [0.25, 0.3) is 0 Å². The maximum absolute atomic E-state index is 13.2. The van der Waals surface area contributed by atoms with Gasteiger partial charge in [-0.2, -0.15) is 0 Å². The van der Waals surface area contributed by atoms with Gasteiger partial charge in [-0.15, -0.1) is 0 Å². The Hall–Kier alpha value is -0.730. The lowest BCUT2D eigenvalue weighted by Gasteiger charge is -2.53. The monoisotopic (exact) mass is 434 g/mol. The smallest absolute Gasteiger partial charge is 0.146 e. The number of carbonyl (C=O) groups is 1. The third kappa shape index (κ3) is 3.51. The molecule has 0 aromatic carbocycles. The Labute approximate surface area is 172 Å². The van der Waals surface area contributed by atoms with Crippen LogP contribution in [0.5, 0.6) is 0 Å². The molecule has 30 heavy (non-hydrogen) atoms. The Kier molecular flexibility index (Phi) is 6.23. The van der Waals surface area contributed by atoms with Gasteiger partial charge in [0.2, 0.25) is 0 Å². The van der Waals surface area contributed by atoms with E-state index < -0.39 is 91.5 Å². The van der Waals surface area contributed by atoms with Gasteiger partial charge in [0.25, 0.3) is 0 Å². The summed E-state index contributed by atoms with van der Waals surface area (Å²) in [5.74, 6) is -3.30. The van der Waals surface area contributed by atoms with Gasteiger partial charge in [0.05, 0.1) is 55.3 Å². The zero-order valence-corrected chi connectivity index (χ0v) is 16.2. The van der Waals surface area contributed by atoms with E-state index in [4.69, 9.17) is 9.47 Å². The number of aliphatic hydroxyl groups is 8. The summed E-state index contributed by atoms with van der Waals surface area (Å²) in [6.45, 7) is -0.654. The number of aliphatic hydroxyl groups excluding tert-OH is 8. The first-order valence-corrected chi connectivity index (χ1v) is 10.4. The van der Waals surface area contributed by atoms with Crippen LogP contribution < -0.4 is 0 Å². The molecular formula is C19H30O11. The van der Waals surface area contributed by atoms with Crippen molar-refractivity contribution in [2.24, 2.45) is 17.8 Å². The molecule has 172 valence electrons. The van der Waals surface area contributed by atoms with Gasteiger partial charge in [0, 0.05) is 24.7 Å². The second kappa shape index (κ2) is 8.32. The third-order valence-electron chi connectivity index (χ3n) is 7.30. The number of fused-ring (bicyclic) bond motifs is 2. The predicted molar refractivity (Wildman–Crippen MR) is 95.8 cm³/mol. The molecule has 0 aromatic heterocycles. The van der Waals surface area contributed by atoms with E-state index in [2.05, 4.69) is 0 Å². The van der Waals surface area contributed by atoms with E-state index in [9.17, 15) is 45.6 Å². The van der Waals surface area contributed by atoms with Crippen LogP contribution in [0.3, 0.4) is 0 Å². The molecule has 2 heterocycles. The second-order valence-electron chi connectivity index (χ2n) is 9.02. The summed E-state index contributed by atoms with van der Waals surface area (Å²) < 4.78 is 11.4. The molecule has 2 saturated heterocycles. The quantitative estimate of drug-likeness (QED) is 0.209. The van der Waals surface area contributed by atoms with Crippen molar-refractivity contribution in [3.63, 3.8) is 0 Å². The van der Waals surface area contributed by atoms with Gasteiger partial charge in [-0.05, 0) is 6.42 Å². The summed E-state index contributed by atoms with van der Waals surface area (Å²) in [6.07, 6.45) is -13.7. The van der Waals surface area contributed by atoms with E-state index in [-0.39, 0.29) is 25.0 Å². The highest BCUT2D eigenvalue weighted by Gasteiger charge is 2.59. The maximum atomic E-state index is 13.2. The van der Waals surface area contributed by atoms with Crippen molar-refractivity contribution in [2.75, 3.05) is 6.61 Å². The molecule has 2 aliphatic heterocycles. The van der Waals surface area contributed by atoms with Crippen LogP contribution >= 0.6 is 0 Å². The van der Waals surface area contributed by atoms with E-state index in [0.717, 1.165) is 0 Å². The second-order valence-corrected chi connectivity index (χ2v) is 9.02. The Morgan fingerprint density at radius 3 is 2.03 bits per heavy atom. The SMILES string of the molecule is O=C1C2CC(O)C(O)CC2OC2CC(O)C(C3O[C@H](CO)[C@H](O)[C@@H](O)[C@H]3O)C(O)C12. The summed E-state index contributed by atoms with van der Waals surface area (Å²) in [6, 6.07) is 0. The molecule has 0 radical (unpaired) electrons. The van der Waals surface area contributed by atoms with Gasteiger partial charge in [0.15, 0.2) is 0 Å².